The summed E-state index contributed by atoms with van der Waals surface area (Å²) in [5.41, 5.74) is 3.56. The molecule has 2 N–H and O–H groups in total. The summed E-state index contributed by atoms with van der Waals surface area (Å²) in [5.74, 6) is 0.918. The molecule has 1 aliphatic heterocycles. The highest BCUT2D eigenvalue weighted by atomic mass is 16.2. The fourth-order valence-corrected chi connectivity index (χ4v) is 4.48. The number of amides is 2. The van der Waals surface area contributed by atoms with Crippen LogP contribution in [0.3, 0.4) is 0 Å². The van der Waals surface area contributed by atoms with Crippen molar-refractivity contribution in [2.45, 2.75) is 60.3 Å². The van der Waals surface area contributed by atoms with Crippen molar-refractivity contribution in [2.75, 3.05) is 29.9 Å². The SMILES string of the molecule is CC(C)CNC(=O)c1cc(NC(=O)CC(C)(C)C)ccc1N1CCC(Cc2ccccc2)CC1. The highest BCUT2D eigenvalue weighted by molar-refractivity contribution is 6.02. The van der Waals surface area contributed by atoms with Gasteiger partial charge in [-0.3, -0.25) is 9.59 Å². The van der Waals surface area contributed by atoms with Crippen LogP contribution in [-0.4, -0.2) is 31.4 Å². The first-order valence-corrected chi connectivity index (χ1v) is 12.6. The first-order valence-electron chi connectivity index (χ1n) is 12.6. The number of piperidine rings is 1. The maximum atomic E-state index is 13.1. The Bertz CT molecular complexity index is 955. The normalized spacial score (nSPS) is 14.8. The molecule has 5 nitrogen and oxygen atoms in total. The molecule has 0 radical (unpaired) electrons. The molecular formula is C29H41N3O2. The lowest BCUT2D eigenvalue weighted by molar-refractivity contribution is -0.117. The van der Waals surface area contributed by atoms with Crippen molar-refractivity contribution in [1.29, 1.82) is 0 Å². The minimum atomic E-state index is -0.0917. The van der Waals surface area contributed by atoms with Gasteiger partial charge < -0.3 is 15.5 Å². The van der Waals surface area contributed by atoms with Crippen molar-refractivity contribution in [2.24, 2.45) is 17.3 Å². The van der Waals surface area contributed by atoms with Gasteiger partial charge in [0.05, 0.1) is 5.56 Å². The third-order valence-electron chi connectivity index (χ3n) is 6.21. The van der Waals surface area contributed by atoms with Crippen LogP contribution in [0.1, 0.15) is 69.8 Å². The number of hydrogen-bond donors (Lipinski definition) is 2. The summed E-state index contributed by atoms with van der Waals surface area (Å²) in [4.78, 5) is 27.9. The van der Waals surface area contributed by atoms with Gasteiger partial charge in [0, 0.05) is 37.4 Å². The highest BCUT2D eigenvalue weighted by Crippen LogP contribution is 2.30. The lowest BCUT2D eigenvalue weighted by atomic mass is 9.89. The van der Waals surface area contributed by atoms with Crippen molar-refractivity contribution in [3.8, 4) is 0 Å². The lowest BCUT2D eigenvalue weighted by Gasteiger charge is -2.35. The molecule has 5 heteroatoms. The Morgan fingerprint density at radius 2 is 1.71 bits per heavy atom. The minimum Gasteiger partial charge on any atom is -0.371 e. The molecule has 34 heavy (non-hydrogen) atoms. The van der Waals surface area contributed by atoms with Gasteiger partial charge in [-0.2, -0.15) is 0 Å². The number of nitrogens with one attached hydrogen (secondary N) is 2. The number of rotatable bonds is 8. The first kappa shape index (κ1) is 25.8. The minimum absolute atomic E-state index is 0.0319. The molecule has 184 valence electrons. The fraction of sp³-hybridized carbons (Fsp3) is 0.517. The molecule has 2 amide bonds. The third kappa shape index (κ3) is 7.89. The Morgan fingerprint density at radius 1 is 1.03 bits per heavy atom. The van der Waals surface area contributed by atoms with E-state index in [2.05, 4.69) is 59.7 Å². The Labute approximate surface area is 205 Å². The van der Waals surface area contributed by atoms with E-state index in [1.807, 2.05) is 39.0 Å². The van der Waals surface area contributed by atoms with Gasteiger partial charge >= 0.3 is 0 Å². The van der Waals surface area contributed by atoms with E-state index < -0.39 is 0 Å². The van der Waals surface area contributed by atoms with Crippen molar-refractivity contribution < 1.29 is 9.59 Å². The second-order valence-corrected chi connectivity index (χ2v) is 11.2. The smallest absolute Gasteiger partial charge is 0.253 e. The average molecular weight is 464 g/mol. The predicted octanol–water partition coefficient (Wildman–Crippen LogP) is 5.91. The van der Waals surface area contributed by atoms with Crippen LogP contribution in [-0.2, 0) is 11.2 Å². The van der Waals surface area contributed by atoms with E-state index in [-0.39, 0.29) is 17.2 Å². The number of anilines is 2. The van der Waals surface area contributed by atoms with Crippen molar-refractivity contribution in [3.05, 3.63) is 59.7 Å². The van der Waals surface area contributed by atoms with Crippen LogP contribution in [0.4, 0.5) is 11.4 Å². The quantitative estimate of drug-likeness (QED) is 0.512. The van der Waals surface area contributed by atoms with Gasteiger partial charge in [-0.05, 0) is 60.3 Å². The highest BCUT2D eigenvalue weighted by Gasteiger charge is 2.24. The summed E-state index contributed by atoms with van der Waals surface area (Å²) < 4.78 is 0. The first-order chi connectivity index (χ1) is 16.1. The van der Waals surface area contributed by atoms with E-state index in [1.165, 1.54) is 5.56 Å². The maximum absolute atomic E-state index is 13.1. The molecule has 0 aromatic heterocycles. The van der Waals surface area contributed by atoms with Crippen molar-refractivity contribution in [3.63, 3.8) is 0 Å². The molecule has 1 saturated heterocycles. The summed E-state index contributed by atoms with van der Waals surface area (Å²) in [6, 6.07) is 16.4. The Balaban J connectivity index is 1.73. The molecule has 0 atom stereocenters. The molecule has 0 bridgehead atoms. The fourth-order valence-electron chi connectivity index (χ4n) is 4.48. The Kier molecular flexibility index (Phi) is 8.76. The van der Waals surface area contributed by atoms with Crippen LogP contribution >= 0.6 is 0 Å². The molecule has 0 saturated carbocycles. The molecule has 0 spiro atoms. The molecule has 1 fully saturated rings. The molecule has 2 aromatic carbocycles. The van der Waals surface area contributed by atoms with E-state index in [1.54, 1.807) is 0 Å². The van der Waals surface area contributed by atoms with Crippen LogP contribution in [0, 0.1) is 17.3 Å². The largest absolute Gasteiger partial charge is 0.371 e. The van der Waals surface area contributed by atoms with E-state index in [9.17, 15) is 9.59 Å². The molecule has 3 rings (SSSR count). The summed E-state index contributed by atoms with van der Waals surface area (Å²) in [6.45, 7) is 12.8. The van der Waals surface area contributed by atoms with Gasteiger partial charge in [0.1, 0.15) is 0 Å². The Morgan fingerprint density at radius 3 is 2.32 bits per heavy atom. The number of hydrogen-bond acceptors (Lipinski definition) is 3. The third-order valence-corrected chi connectivity index (χ3v) is 6.21. The zero-order valence-electron chi connectivity index (χ0n) is 21.5. The second-order valence-electron chi connectivity index (χ2n) is 11.2. The number of carbonyl (C=O) groups is 2. The van der Waals surface area contributed by atoms with E-state index in [4.69, 9.17) is 0 Å². The van der Waals surface area contributed by atoms with E-state index in [0.29, 0.717) is 36.1 Å². The van der Waals surface area contributed by atoms with E-state index >= 15 is 0 Å². The summed E-state index contributed by atoms with van der Waals surface area (Å²) >= 11 is 0. The second kappa shape index (κ2) is 11.5. The molecule has 0 aliphatic carbocycles. The van der Waals surface area contributed by atoms with Crippen LogP contribution < -0.4 is 15.5 Å². The zero-order chi connectivity index (χ0) is 24.7. The summed E-state index contributed by atoms with van der Waals surface area (Å²) in [7, 11) is 0. The topological polar surface area (TPSA) is 61.4 Å². The Hall–Kier alpha value is -2.82. The van der Waals surface area contributed by atoms with E-state index in [0.717, 1.165) is 38.0 Å². The van der Waals surface area contributed by atoms with Gasteiger partial charge in [0.25, 0.3) is 5.91 Å². The van der Waals surface area contributed by atoms with Gasteiger partial charge in [0.15, 0.2) is 0 Å². The van der Waals surface area contributed by atoms with Crippen LogP contribution in [0.5, 0.6) is 0 Å². The van der Waals surface area contributed by atoms with Gasteiger partial charge in [-0.1, -0.05) is 65.0 Å². The van der Waals surface area contributed by atoms with Crippen LogP contribution in [0.2, 0.25) is 0 Å². The number of carbonyl (C=O) groups excluding carboxylic acids is 2. The summed E-state index contributed by atoms with van der Waals surface area (Å²) in [6.07, 6.45) is 3.74. The predicted molar refractivity (Wildman–Crippen MR) is 141 cm³/mol. The lowest BCUT2D eigenvalue weighted by Crippen LogP contribution is -2.36. The van der Waals surface area contributed by atoms with Crippen molar-refractivity contribution >= 4 is 23.2 Å². The van der Waals surface area contributed by atoms with Gasteiger partial charge in [-0.15, -0.1) is 0 Å². The monoisotopic (exact) mass is 463 g/mol. The van der Waals surface area contributed by atoms with Gasteiger partial charge in [0.2, 0.25) is 5.91 Å². The molecule has 0 unspecified atom stereocenters. The maximum Gasteiger partial charge on any atom is 0.253 e. The molecule has 2 aromatic rings. The van der Waals surface area contributed by atoms with Crippen molar-refractivity contribution in [1.82, 2.24) is 5.32 Å². The molecule has 1 heterocycles. The molecular weight excluding hydrogens is 422 g/mol. The molecule has 1 aliphatic rings. The van der Waals surface area contributed by atoms with Gasteiger partial charge in [-0.25, -0.2) is 0 Å². The number of benzene rings is 2. The van der Waals surface area contributed by atoms with Crippen LogP contribution in [0.15, 0.2) is 48.5 Å². The summed E-state index contributed by atoms with van der Waals surface area (Å²) in [5, 5.41) is 6.05. The van der Waals surface area contributed by atoms with Crippen LogP contribution in [0.25, 0.3) is 0 Å². The average Bonchev–Trinajstić information content (AvgIpc) is 2.77. The zero-order valence-corrected chi connectivity index (χ0v) is 21.5. The number of nitrogens with zero attached hydrogens (tertiary/aromatic N) is 1. The standard InChI is InChI=1S/C29H41N3O2/c1-21(2)20-30-28(34)25-18-24(31-27(33)19-29(3,4)5)11-12-26(25)32-15-13-23(14-16-32)17-22-9-7-6-8-10-22/h6-12,18,21,23H,13-17,19-20H2,1-5H3,(H,30,34)(H,31,33).